The molecule has 1 fully saturated rings. The molecule has 5 rings (SSSR count). The van der Waals surface area contributed by atoms with Crippen LogP contribution in [0.5, 0.6) is 5.75 Å². The van der Waals surface area contributed by atoms with E-state index in [1.54, 1.807) is 0 Å². The number of benzene rings is 3. The molecule has 1 aliphatic heterocycles. The molecule has 3 amide bonds. The van der Waals surface area contributed by atoms with Gasteiger partial charge in [-0.2, -0.15) is 0 Å². The molecule has 10 heteroatoms. The Morgan fingerprint density at radius 3 is 2.22 bits per heavy atom. The summed E-state index contributed by atoms with van der Waals surface area (Å²) in [5, 5.41) is 28.3. The van der Waals surface area contributed by atoms with Crippen LogP contribution in [0.15, 0.2) is 72.8 Å². The first-order valence-electron chi connectivity index (χ1n) is 17.1. The van der Waals surface area contributed by atoms with Gasteiger partial charge in [-0.15, -0.1) is 11.8 Å². The second-order valence-corrected chi connectivity index (χ2v) is 15.8. The monoisotopic (exact) mass is 687 g/mol. The van der Waals surface area contributed by atoms with Gasteiger partial charge in [-0.1, -0.05) is 100 Å². The molecule has 0 aromatic heterocycles. The number of fused-ring (bicyclic) bond motifs is 1. The van der Waals surface area contributed by atoms with Crippen LogP contribution >= 0.6 is 11.8 Å². The molecule has 49 heavy (non-hydrogen) atoms. The van der Waals surface area contributed by atoms with Crippen molar-refractivity contribution >= 4 is 29.5 Å². The first-order chi connectivity index (χ1) is 23.3. The zero-order chi connectivity index (χ0) is 35.5. The van der Waals surface area contributed by atoms with Crippen molar-refractivity contribution < 1.29 is 29.3 Å². The molecule has 5 unspecified atom stereocenters. The lowest BCUT2D eigenvalue weighted by molar-refractivity contribution is -0.148. The van der Waals surface area contributed by atoms with Crippen molar-refractivity contribution in [3.63, 3.8) is 0 Å². The number of carbonyl (C=O) groups excluding carboxylic acids is 3. The van der Waals surface area contributed by atoms with Gasteiger partial charge in [0.1, 0.15) is 11.8 Å². The SMILES string of the molecule is CC(C)c1cccc(C(C)C)c1OCC(=O)NC(Cc1ccccc1)C(O)C(=O)N1CSC(C)(C)C1C(=O)NC1c2ccccc2CC1O. The maximum atomic E-state index is 14.1. The minimum absolute atomic E-state index is 0.182. The molecule has 5 atom stereocenters. The van der Waals surface area contributed by atoms with Crippen LogP contribution in [-0.4, -0.2) is 74.4 Å². The lowest BCUT2D eigenvalue weighted by atomic mass is 9.94. The fraction of sp³-hybridized carbons (Fsp3) is 0.462. The Balaban J connectivity index is 1.34. The Morgan fingerprint density at radius 1 is 0.939 bits per heavy atom. The highest BCUT2D eigenvalue weighted by molar-refractivity contribution is 8.00. The number of rotatable bonds is 12. The Kier molecular flexibility index (Phi) is 11.4. The summed E-state index contributed by atoms with van der Waals surface area (Å²) < 4.78 is 5.48. The summed E-state index contributed by atoms with van der Waals surface area (Å²) in [6, 6.07) is 20.4. The van der Waals surface area contributed by atoms with Gasteiger partial charge in [0.2, 0.25) is 5.91 Å². The van der Waals surface area contributed by atoms with Crippen LogP contribution < -0.4 is 15.4 Å². The topological polar surface area (TPSA) is 128 Å². The van der Waals surface area contributed by atoms with E-state index >= 15 is 0 Å². The van der Waals surface area contributed by atoms with Crippen LogP contribution in [0, 0.1) is 0 Å². The lowest BCUT2D eigenvalue weighted by Gasteiger charge is -2.34. The third kappa shape index (κ3) is 8.14. The van der Waals surface area contributed by atoms with E-state index in [9.17, 15) is 24.6 Å². The highest BCUT2D eigenvalue weighted by Crippen LogP contribution is 2.41. The van der Waals surface area contributed by atoms with E-state index in [2.05, 4.69) is 38.3 Å². The molecule has 0 bridgehead atoms. The number of aliphatic hydroxyl groups is 2. The standard InChI is InChI=1S/C39H49N3O6S/c1-23(2)27-17-12-18-28(24(3)4)35(27)48-21-32(44)40-30(19-25-13-8-7-9-14-25)34(45)38(47)42-22-49-39(5,6)36(42)37(46)41-33-29-16-11-10-15-26(29)20-31(33)43/h7-18,23-24,30-31,33-34,36,43,45H,19-22H2,1-6H3,(H,40,44)(H,41,46). The molecule has 2 aliphatic rings. The molecule has 1 aliphatic carbocycles. The number of carbonyl (C=O) groups is 3. The molecule has 0 spiro atoms. The van der Waals surface area contributed by atoms with Crippen molar-refractivity contribution in [2.45, 2.75) is 101 Å². The smallest absolute Gasteiger partial charge is 0.258 e. The zero-order valence-electron chi connectivity index (χ0n) is 29.2. The molecule has 0 saturated carbocycles. The number of nitrogens with one attached hydrogen (secondary N) is 2. The highest BCUT2D eigenvalue weighted by atomic mass is 32.2. The third-order valence-corrected chi connectivity index (χ3v) is 10.9. The number of hydrogen-bond acceptors (Lipinski definition) is 7. The normalized spacial score (nSPS) is 20.9. The number of aliphatic hydroxyl groups excluding tert-OH is 2. The lowest BCUT2D eigenvalue weighted by Crippen LogP contribution is -2.59. The summed E-state index contributed by atoms with van der Waals surface area (Å²) in [4.78, 5) is 42.9. The van der Waals surface area contributed by atoms with Crippen LogP contribution in [0.1, 0.15) is 87.2 Å². The molecular formula is C39H49N3O6S. The van der Waals surface area contributed by atoms with Gasteiger partial charge in [0.05, 0.1) is 24.1 Å². The molecule has 1 saturated heterocycles. The summed E-state index contributed by atoms with van der Waals surface area (Å²) >= 11 is 1.44. The number of para-hydroxylation sites is 1. The van der Waals surface area contributed by atoms with Crippen molar-refractivity contribution in [1.29, 1.82) is 0 Å². The Bertz CT molecular complexity index is 1620. The quantitative estimate of drug-likeness (QED) is 0.214. The van der Waals surface area contributed by atoms with Gasteiger partial charge in [-0.05, 0) is 59.9 Å². The molecule has 1 heterocycles. The maximum absolute atomic E-state index is 14.1. The molecule has 3 aromatic carbocycles. The molecular weight excluding hydrogens is 639 g/mol. The van der Waals surface area contributed by atoms with Crippen molar-refractivity contribution in [3.05, 3.63) is 101 Å². The summed E-state index contributed by atoms with van der Waals surface area (Å²) in [7, 11) is 0. The van der Waals surface area contributed by atoms with E-state index < -0.39 is 52.8 Å². The highest BCUT2D eigenvalue weighted by Gasteiger charge is 2.50. The number of amides is 3. The van der Waals surface area contributed by atoms with Crippen molar-refractivity contribution in [2.24, 2.45) is 0 Å². The van der Waals surface area contributed by atoms with E-state index in [1.165, 1.54) is 16.7 Å². The average Bonchev–Trinajstić information content (AvgIpc) is 3.56. The first-order valence-corrected chi connectivity index (χ1v) is 18.0. The Labute approximate surface area is 293 Å². The fourth-order valence-corrected chi connectivity index (χ4v) is 8.02. The van der Waals surface area contributed by atoms with Gasteiger partial charge in [0.15, 0.2) is 12.7 Å². The zero-order valence-corrected chi connectivity index (χ0v) is 30.0. The van der Waals surface area contributed by atoms with Gasteiger partial charge in [-0.3, -0.25) is 14.4 Å². The minimum atomic E-state index is -1.64. The summed E-state index contributed by atoms with van der Waals surface area (Å²) in [5.74, 6) is -0.301. The summed E-state index contributed by atoms with van der Waals surface area (Å²) in [5.41, 5.74) is 4.66. The Hall–Kier alpha value is -3.86. The van der Waals surface area contributed by atoms with Crippen molar-refractivity contribution in [2.75, 3.05) is 12.5 Å². The number of thioether (sulfide) groups is 1. The van der Waals surface area contributed by atoms with Crippen LogP contribution in [0.25, 0.3) is 0 Å². The van der Waals surface area contributed by atoms with Crippen LogP contribution in [0.4, 0.5) is 0 Å². The predicted molar refractivity (Wildman–Crippen MR) is 192 cm³/mol. The summed E-state index contributed by atoms with van der Waals surface area (Å²) in [6.07, 6.45) is -1.81. The minimum Gasteiger partial charge on any atom is -0.483 e. The van der Waals surface area contributed by atoms with Gasteiger partial charge in [0, 0.05) is 11.2 Å². The number of nitrogens with zero attached hydrogens (tertiary/aromatic N) is 1. The number of ether oxygens (including phenoxy) is 1. The number of hydrogen-bond donors (Lipinski definition) is 4. The van der Waals surface area contributed by atoms with Crippen LogP contribution in [0.3, 0.4) is 0 Å². The van der Waals surface area contributed by atoms with E-state index in [1.807, 2.05) is 86.6 Å². The summed E-state index contributed by atoms with van der Waals surface area (Å²) in [6.45, 7) is 11.8. The van der Waals surface area contributed by atoms with Crippen molar-refractivity contribution in [3.8, 4) is 5.75 Å². The largest absolute Gasteiger partial charge is 0.483 e. The van der Waals surface area contributed by atoms with Gasteiger partial charge >= 0.3 is 0 Å². The Morgan fingerprint density at radius 2 is 1.57 bits per heavy atom. The maximum Gasteiger partial charge on any atom is 0.258 e. The fourth-order valence-electron chi connectivity index (χ4n) is 6.88. The van der Waals surface area contributed by atoms with Gasteiger partial charge in [-0.25, -0.2) is 0 Å². The van der Waals surface area contributed by atoms with Gasteiger partial charge < -0.3 is 30.5 Å². The van der Waals surface area contributed by atoms with Gasteiger partial charge in [0.25, 0.3) is 11.8 Å². The molecule has 0 radical (unpaired) electrons. The molecule has 4 N–H and O–H groups in total. The molecule has 9 nitrogen and oxygen atoms in total. The van der Waals surface area contributed by atoms with Crippen LogP contribution in [0.2, 0.25) is 0 Å². The van der Waals surface area contributed by atoms with E-state index in [0.29, 0.717) is 12.2 Å². The van der Waals surface area contributed by atoms with Crippen LogP contribution in [-0.2, 0) is 27.2 Å². The second kappa shape index (κ2) is 15.4. The van der Waals surface area contributed by atoms with E-state index in [4.69, 9.17) is 4.74 Å². The molecule has 3 aromatic rings. The first kappa shape index (κ1) is 36.4. The van der Waals surface area contributed by atoms with E-state index in [-0.39, 0.29) is 30.7 Å². The average molecular weight is 688 g/mol. The third-order valence-electron chi connectivity index (χ3n) is 9.53. The second-order valence-electron chi connectivity index (χ2n) is 14.2. The van der Waals surface area contributed by atoms with E-state index in [0.717, 1.165) is 27.8 Å². The predicted octanol–water partition coefficient (Wildman–Crippen LogP) is 4.86. The molecule has 262 valence electrons. The van der Waals surface area contributed by atoms with Crippen molar-refractivity contribution in [1.82, 2.24) is 15.5 Å².